The molecule has 1 unspecified atom stereocenters. The maximum Gasteiger partial charge on any atom is 0.224 e. The third kappa shape index (κ3) is 5.21. The van der Waals surface area contributed by atoms with E-state index in [9.17, 15) is 4.79 Å². The number of ether oxygens (including phenoxy) is 3. The number of carbonyl (C=O) groups is 1. The van der Waals surface area contributed by atoms with Crippen molar-refractivity contribution in [2.24, 2.45) is 0 Å². The number of morpholine rings is 1. The molecule has 1 saturated heterocycles. The predicted molar refractivity (Wildman–Crippen MR) is 106 cm³/mol. The van der Waals surface area contributed by atoms with Crippen molar-refractivity contribution in [3.63, 3.8) is 0 Å². The molecule has 1 N–H and O–H groups in total. The van der Waals surface area contributed by atoms with Gasteiger partial charge in [-0.25, -0.2) is 0 Å². The van der Waals surface area contributed by atoms with Gasteiger partial charge in [0.1, 0.15) is 0 Å². The van der Waals surface area contributed by atoms with Crippen molar-refractivity contribution >= 4 is 5.91 Å². The molecule has 0 radical (unpaired) electrons. The predicted octanol–water partition coefficient (Wildman–Crippen LogP) is 1.83. The summed E-state index contributed by atoms with van der Waals surface area (Å²) in [6.07, 6.45) is 3.90. The number of carbonyl (C=O) groups excluding carboxylic acids is 1. The first-order chi connectivity index (χ1) is 13.7. The molecule has 1 atom stereocenters. The van der Waals surface area contributed by atoms with E-state index in [0.29, 0.717) is 31.3 Å². The molecule has 2 aromatic rings. The van der Waals surface area contributed by atoms with Crippen LogP contribution in [0.15, 0.2) is 42.7 Å². The largest absolute Gasteiger partial charge is 0.493 e. The number of aromatic nitrogens is 1. The van der Waals surface area contributed by atoms with E-state index in [4.69, 9.17) is 14.2 Å². The number of nitrogens with one attached hydrogen (secondary N) is 1. The first kappa shape index (κ1) is 20.1. The molecule has 0 saturated carbocycles. The molecule has 7 nitrogen and oxygen atoms in total. The quantitative estimate of drug-likeness (QED) is 0.748. The summed E-state index contributed by atoms with van der Waals surface area (Å²) in [5, 5.41) is 3.07. The number of pyridine rings is 1. The third-order valence-electron chi connectivity index (χ3n) is 4.86. The summed E-state index contributed by atoms with van der Waals surface area (Å²) in [5.74, 6) is 1.24. The van der Waals surface area contributed by atoms with E-state index in [0.717, 1.165) is 24.2 Å². The Morgan fingerprint density at radius 1 is 1.21 bits per heavy atom. The molecule has 0 bridgehead atoms. The summed E-state index contributed by atoms with van der Waals surface area (Å²) in [7, 11) is 3.18. The van der Waals surface area contributed by atoms with Gasteiger partial charge in [0.15, 0.2) is 11.5 Å². The molecule has 150 valence electrons. The fraction of sp³-hybridized carbons (Fsp3) is 0.429. The van der Waals surface area contributed by atoms with Crippen LogP contribution in [0, 0.1) is 0 Å². The van der Waals surface area contributed by atoms with Gasteiger partial charge in [-0.2, -0.15) is 0 Å². The molecule has 1 aliphatic rings. The maximum absolute atomic E-state index is 12.5. The zero-order valence-electron chi connectivity index (χ0n) is 16.4. The lowest BCUT2D eigenvalue weighted by Crippen LogP contribution is -2.44. The Bertz CT molecular complexity index is 764. The minimum absolute atomic E-state index is 0.0330. The Morgan fingerprint density at radius 3 is 2.68 bits per heavy atom. The molecular formula is C21H27N3O4. The van der Waals surface area contributed by atoms with Crippen molar-refractivity contribution in [3.05, 3.63) is 53.9 Å². The lowest BCUT2D eigenvalue weighted by Gasteiger charge is -2.34. The van der Waals surface area contributed by atoms with Gasteiger partial charge < -0.3 is 19.5 Å². The molecule has 0 spiro atoms. The molecular weight excluding hydrogens is 358 g/mol. The molecule has 0 aliphatic carbocycles. The molecule has 1 amide bonds. The Hall–Kier alpha value is -2.64. The highest BCUT2D eigenvalue weighted by Gasteiger charge is 2.23. The maximum atomic E-state index is 12.5. The summed E-state index contributed by atoms with van der Waals surface area (Å²) in [5.41, 5.74) is 1.97. The van der Waals surface area contributed by atoms with Crippen molar-refractivity contribution in [3.8, 4) is 11.5 Å². The van der Waals surface area contributed by atoms with Gasteiger partial charge in [-0.05, 0) is 29.3 Å². The summed E-state index contributed by atoms with van der Waals surface area (Å²) in [6.45, 7) is 3.61. The van der Waals surface area contributed by atoms with Gasteiger partial charge in [0.25, 0.3) is 0 Å². The molecule has 3 rings (SSSR count). The number of rotatable bonds is 8. The number of hydrogen-bond donors (Lipinski definition) is 1. The fourth-order valence-electron chi connectivity index (χ4n) is 3.37. The van der Waals surface area contributed by atoms with Crippen LogP contribution in [-0.4, -0.2) is 62.9 Å². The Balaban J connectivity index is 1.63. The number of amides is 1. The number of benzene rings is 1. The van der Waals surface area contributed by atoms with E-state index in [1.807, 2.05) is 36.5 Å². The number of nitrogens with zero attached hydrogens (tertiary/aromatic N) is 2. The van der Waals surface area contributed by atoms with E-state index in [2.05, 4.69) is 15.2 Å². The van der Waals surface area contributed by atoms with Gasteiger partial charge in [-0.15, -0.1) is 0 Å². The Morgan fingerprint density at radius 2 is 2.00 bits per heavy atom. The molecule has 1 aromatic heterocycles. The van der Waals surface area contributed by atoms with Crippen LogP contribution < -0.4 is 14.8 Å². The van der Waals surface area contributed by atoms with Gasteiger partial charge in [0, 0.05) is 32.0 Å². The Kier molecular flexibility index (Phi) is 7.22. The average Bonchev–Trinajstić information content (AvgIpc) is 2.75. The van der Waals surface area contributed by atoms with Crippen molar-refractivity contribution in [2.75, 3.05) is 47.1 Å². The topological polar surface area (TPSA) is 72.9 Å². The van der Waals surface area contributed by atoms with Gasteiger partial charge in [0.05, 0.1) is 39.9 Å². The van der Waals surface area contributed by atoms with E-state index >= 15 is 0 Å². The van der Waals surface area contributed by atoms with Gasteiger partial charge in [0.2, 0.25) is 5.91 Å². The van der Waals surface area contributed by atoms with E-state index in [-0.39, 0.29) is 18.4 Å². The van der Waals surface area contributed by atoms with Gasteiger partial charge in [-0.1, -0.05) is 12.1 Å². The van der Waals surface area contributed by atoms with Crippen LogP contribution in [0.3, 0.4) is 0 Å². The molecule has 28 heavy (non-hydrogen) atoms. The minimum atomic E-state index is -0.0330. The molecule has 2 heterocycles. The number of methoxy groups -OCH3 is 2. The second-order valence-electron chi connectivity index (χ2n) is 6.62. The second-order valence-corrected chi connectivity index (χ2v) is 6.62. The van der Waals surface area contributed by atoms with Crippen LogP contribution in [0.25, 0.3) is 0 Å². The lowest BCUT2D eigenvalue weighted by molar-refractivity contribution is -0.120. The van der Waals surface area contributed by atoms with Crippen LogP contribution in [-0.2, 0) is 16.0 Å². The van der Waals surface area contributed by atoms with E-state index in [1.54, 1.807) is 20.4 Å². The first-order valence-electron chi connectivity index (χ1n) is 9.40. The summed E-state index contributed by atoms with van der Waals surface area (Å²) >= 11 is 0. The molecule has 1 aromatic carbocycles. The van der Waals surface area contributed by atoms with Crippen molar-refractivity contribution in [2.45, 2.75) is 12.5 Å². The zero-order chi connectivity index (χ0) is 19.8. The Labute approximate surface area is 165 Å². The van der Waals surface area contributed by atoms with Crippen LogP contribution in [0.4, 0.5) is 0 Å². The van der Waals surface area contributed by atoms with Crippen molar-refractivity contribution < 1.29 is 19.0 Å². The van der Waals surface area contributed by atoms with E-state index in [1.165, 1.54) is 0 Å². The van der Waals surface area contributed by atoms with Crippen LogP contribution in [0.2, 0.25) is 0 Å². The smallest absolute Gasteiger partial charge is 0.224 e. The average molecular weight is 385 g/mol. The number of hydrogen-bond acceptors (Lipinski definition) is 6. The fourth-order valence-corrected chi connectivity index (χ4v) is 3.37. The molecule has 7 heteroatoms. The zero-order valence-corrected chi connectivity index (χ0v) is 16.4. The normalized spacial score (nSPS) is 15.6. The summed E-state index contributed by atoms with van der Waals surface area (Å²) in [4.78, 5) is 19.1. The molecule has 1 fully saturated rings. The van der Waals surface area contributed by atoms with Crippen LogP contribution >= 0.6 is 0 Å². The highest BCUT2D eigenvalue weighted by atomic mass is 16.5. The molecule has 1 aliphatic heterocycles. The van der Waals surface area contributed by atoms with Crippen LogP contribution in [0.5, 0.6) is 11.5 Å². The summed E-state index contributed by atoms with van der Waals surface area (Å²) < 4.78 is 16.0. The van der Waals surface area contributed by atoms with E-state index < -0.39 is 0 Å². The monoisotopic (exact) mass is 385 g/mol. The highest BCUT2D eigenvalue weighted by molar-refractivity contribution is 5.78. The van der Waals surface area contributed by atoms with Gasteiger partial charge >= 0.3 is 0 Å². The minimum Gasteiger partial charge on any atom is -0.493 e. The third-order valence-corrected chi connectivity index (χ3v) is 4.86. The van der Waals surface area contributed by atoms with Crippen molar-refractivity contribution in [1.29, 1.82) is 0 Å². The van der Waals surface area contributed by atoms with Crippen LogP contribution in [0.1, 0.15) is 17.2 Å². The summed E-state index contributed by atoms with van der Waals surface area (Å²) in [6, 6.07) is 9.57. The SMILES string of the molecule is COc1ccc(CC(=O)NCC(c2cccnc2)N2CCOCC2)cc1OC. The van der Waals surface area contributed by atoms with Crippen molar-refractivity contribution in [1.82, 2.24) is 15.2 Å². The second kappa shape index (κ2) is 10.1. The first-order valence-corrected chi connectivity index (χ1v) is 9.40. The van der Waals surface area contributed by atoms with Gasteiger partial charge in [-0.3, -0.25) is 14.7 Å². The highest BCUT2D eigenvalue weighted by Crippen LogP contribution is 2.27. The lowest BCUT2D eigenvalue weighted by atomic mass is 10.1. The standard InChI is InChI=1S/C21H27N3O4/c1-26-19-6-5-16(12-20(19)27-2)13-21(25)23-15-18(17-4-3-7-22-14-17)24-8-10-28-11-9-24/h3-7,12,14,18H,8-11,13,15H2,1-2H3,(H,23,25).